The lowest BCUT2D eigenvalue weighted by molar-refractivity contribution is 0.0592. The summed E-state index contributed by atoms with van der Waals surface area (Å²) in [6.07, 6.45) is 7.12. The number of furan rings is 1. The Kier molecular flexibility index (Phi) is 4.03. The molecule has 1 saturated carbocycles. The average Bonchev–Trinajstić information content (AvgIpc) is 3.18. The molecule has 8 heteroatoms. The van der Waals surface area contributed by atoms with Gasteiger partial charge in [0.05, 0.1) is 31.2 Å². The first-order valence-electron chi connectivity index (χ1n) is 8.54. The molecule has 1 atom stereocenters. The molecule has 1 aliphatic carbocycles. The van der Waals surface area contributed by atoms with Crippen LogP contribution in [-0.2, 0) is 4.74 Å². The highest BCUT2D eigenvalue weighted by atomic mass is 16.5. The number of hydrogen-bond donors (Lipinski definition) is 0. The van der Waals surface area contributed by atoms with E-state index in [4.69, 9.17) is 4.42 Å². The second-order valence-electron chi connectivity index (χ2n) is 6.60. The van der Waals surface area contributed by atoms with Gasteiger partial charge in [-0.05, 0) is 31.7 Å². The van der Waals surface area contributed by atoms with Crippen LogP contribution in [0.1, 0.15) is 64.2 Å². The van der Waals surface area contributed by atoms with Crippen molar-refractivity contribution >= 4 is 11.9 Å². The van der Waals surface area contributed by atoms with Crippen LogP contribution in [0.3, 0.4) is 0 Å². The van der Waals surface area contributed by atoms with E-state index >= 15 is 0 Å². The van der Waals surface area contributed by atoms with Gasteiger partial charge in [0.1, 0.15) is 5.76 Å². The van der Waals surface area contributed by atoms with Gasteiger partial charge in [0.25, 0.3) is 5.91 Å². The summed E-state index contributed by atoms with van der Waals surface area (Å²) >= 11 is 0. The minimum atomic E-state index is -0.512. The SMILES string of the molecule is COC(=O)c1cn(C2CCCN(C(=O)c3ccoc3C3CC3)C2)nn1. The number of likely N-dealkylation sites (tertiary alicyclic amines) is 1. The zero-order valence-corrected chi connectivity index (χ0v) is 14.1. The van der Waals surface area contributed by atoms with E-state index in [-0.39, 0.29) is 17.6 Å². The number of nitrogens with zero attached hydrogens (tertiary/aromatic N) is 4. The lowest BCUT2D eigenvalue weighted by Gasteiger charge is -2.32. The molecule has 0 spiro atoms. The number of methoxy groups -OCH3 is 1. The Hall–Kier alpha value is -2.64. The van der Waals surface area contributed by atoms with Crippen molar-refractivity contribution < 1.29 is 18.7 Å². The number of amides is 1. The second kappa shape index (κ2) is 6.34. The molecule has 1 aliphatic heterocycles. The lowest BCUT2D eigenvalue weighted by Crippen LogP contribution is -2.41. The van der Waals surface area contributed by atoms with Crippen LogP contribution in [0.5, 0.6) is 0 Å². The molecular formula is C17H20N4O4. The third-order valence-corrected chi connectivity index (χ3v) is 4.84. The van der Waals surface area contributed by atoms with Crippen molar-refractivity contribution in [3.05, 3.63) is 35.5 Å². The molecule has 1 unspecified atom stereocenters. The quantitative estimate of drug-likeness (QED) is 0.788. The zero-order chi connectivity index (χ0) is 17.4. The standard InChI is InChI=1S/C17H20N4O4/c1-24-17(23)14-10-21(19-18-14)12-3-2-7-20(9-12)16(22)13-6-8-25-15(13)11-4-5-11/h6,8,10-12H,2-5,7,9H2,1H3. The first-order valence-corrected chi connectivity index (χ1v) is 8.54. The number of carbonyl (C=O) groups excluding carboxylic acids is 2. The Bertz CT molecular complexity index is 792. The van der Waals surface area contributed by atoms with Crippen molar-refractivity contribution in [2.45, 2.75) is 37.6 Å². The lowest BCUT2D eigenvalue weighted by atomic mass is 10.0. The van der Waals surface area contributed by atoms with Crippen molar-refractivity contribution in [2.24, 2.45) is 0 Å². The summed E-state index contributed by atoms with van der Waals surface area (Å²) in [5, 5.41) is 7.88. The van der Waals surface area contributed by atoms with Crippen molar-refractivity contribution in [1.29, 1.82) is 0 Å². The summed E-state index contributed by atoms with van der Waals surface area (Å²) in [4.78, 5) is 26.3. The van der Waals surface area contributed by atoms with E-state index in [1.165, 1.54) is 7.11 Å². The molecule has 0 bridgehead atoms. The van der Waals surface area contributed by atoms with Crippen molar-refractivity contribution in [1.82, 2.24) is 19.9 Å². The van der Waals surface area contributed by atoms with Crippen LogP contribution in [0, 0.1) is 0 Å². The Morgan fingerprint density at radius 2 is 2.16 bits per heavy atom. The van der Waals surface area contributed by atoms with E-state index < -0.39 is 5.97 Å². The molecule has 1 amide bonds. The van der Waals surface area contributed by atoms with E-state index in [1.54, 1.807) is 23.2 Å². The summed E-state index contributed by atoms with van der Waals surface area (Å²) in [6.45, 7) is 1.25. The normalized spacial score (nSPS) is 20.5. The third-order valence-electron chi connectivity index (χ3n) is 4.84. The molecular weight excluding hydrogens is 324 g/mol. The zero-order valence-electron chi connectivity index (χ0n) is 14.1. The predicted octanol–water partition coefficient (Wildman–Crippen LogP) is 2.01. The largest absolute Gasteiger partial charge is 0.468 e. The van der Waals surface area contributed by atoms with Gasteiger partial charge >= 0.3 is 5.97 Å². The Balaban J connectivity index is 1.49. The van der Waals surface area contributed by atoms with Gasteiger partial charge in [-0.3, -0.25) is 4.79 Å². The summed E-state index contributed by atoms with van der Waals surface area (Å²) in [5.74, 6) is 0.712. The van der Waals surface area contributed by atoms with Crippen LogP contribution in [0.2, 0.25) is 0 Å². The highest BCUT2D eigenvalue weighted by molar-refractivity contribution is 5.95. The van der Waals surface area contributed by atoms with Crippen molar-refractivity contribution in [2.75, 3.05) is 20.2 Å². The number of piperidine rings is 1. The highest BCUT2D eigenvalue weighted by Gasteiger charge is 2.34. The predicted molar refractivity (Wildman–Crippen MR) is 86.2 cm³/mol. The van der Waals surface area contributed by atoms with Crippen LogP contribution >= 0.6 is 0 Å². The van der Waals surface area contributed by atoms with Gasteiger partial charge in [0.15, 0.2) is 5.69 Å². The monoisotopic (exact) mass is 344 g/mol. The van der Waals surface area contributed by atoms with Gasteiger partial charge in [-0.25, -0.2) is 9.48 Å². The topological polar surface area (TPSA) is 90.5 Å². The molecule has 4 rings (SSSR count). The minimum absolute atomic E-state index is 0.000109. The molecule has 2 aromatic rings. The van der Waals surface area contributed by atoms with Gasteiger partial charge in [-0.2, -0.15) is 0 Å². The fraction of sp³-hybridized carbons (Fsp3) is 0.529. The van der Waals surface area contributed by atoms with E-state index in [0.29, 0.717) is 24.6 Å². The van der Waals surface area contributed by atoms with Crippen molar-refractivity contribution in [3.8, 4) is 0 Å². The van der Waals surface area contributed by atoms with Crippen molar-refractivity contribution in [3.63, 3.8) is 0 Å². The fourth-order valence-corrected chi connectivity index (χ4v) is 3.34. The number of carbonyl (C=O) groups is 2. The van der Waals surface area contributed by atoms with Gasteiger partial charge in [0.2, 0.25) is 0 Å². The second-order valence-corrected chi connectivity index (χ2v) is 6.60. The molecule has 132 valence electrons. The summed E-state index contributed by atoms with van der Waals surface area (Å²) in [7, 11) is 1.31. The smallest absolute Gasteiger partial charge is 0.360 e. The van der Waals surface area contributed by atoms with Gasteiger partial charge in [0, 0.05) is 19.0 Å². The molecule has 3 heterocycles. The highest BCUT2D eigenvalue weighted by Crippen LogP contribution is 2.42. The van der Waals surface area contributed by atoms with E-state index in [1.807, 2.05) is 4.90 Å². The van der Waals surface area contributed by atoms with Crippen LogP contribution in [0.4, 0.5) is 0 Å². The molecule has 0 aromatic carbocycles. The minimum Gasteiger partial charge on any atom is -0.468 e. The van der Waals surface area contributed by atoms with Crippen LogP contribution < -0.4 is 0 Å². The number of ether oxygens (including phenoxy) is 1. The summed E-state index contributed by atoms with van der Waals surface area (Å²) in [6, 6.07) is 1.77. The van der Waals surface area contributed by atoms with Gasteiger partial charge in [-0.1, -0.05) is 5.21 Å². The first kappa shape index (κ1) is 15.9. The molecule has 0 N–H and O–H groups in total. The Morgan fingerprint density at radius 3 is 2.92 bits per heavy atom. The first-order chi connectivity index (χ1) is 12.2. The maximum atomic E-state index is 12.9. The third kappa shape index (κ3) is 3.04. The maximum absolute atomic E-state index is 12.9. The number of hydrogen-bond acceptors (Lipinski definition) is 6. The number of aromatic nitrogens is 3. The average molecular weight is 344 g/mol. The molecule has 0 radical (unpaired) electrons. The van der Waals surface area contributed by atoms with Gasteiger partial charge < -0.3 is 14.1 Å². The summed E-state index contributed by atoms with van der Waals surface area (Å²) in [5.41, 5.74) is 0.855. The maximum Gasteiger partial charge on any atom is 0.360 e. The van der Waals surface area contributed by atoms with E-state index in [0.717, 1.165) is 31.4 Å². The molecule has 2 fully saturated rings. The summed E-state index contributed by atoms with van der Waals surface area (Å²) < 4.78 is 11.8. The molecule has 2 aromatic heterocycles. The fourth-order valence-electron chi connectivity index (χ4n) is 3.34. The Labute approximate surface area is 144 Å². The number of esters is 1. The van der Waals surface area contributed by atoms with Crippen LogP contribution in [-0.4, -0.2) is 52.0 Å². The molecule has 2 aliphatic rings. The van der Waals surface area contributed by atoms with Crippen LogP contribution in [0.15, 0.2) is 22.9 Å². The number of rotatable bonds is 4. The van der Waals surface area contributed by atoms with Crippen LogP contribution in [0.25, 0.3) is 0 Å². The molecule has 25 heavy (non-hydrogen) atoms. The van der Waals surface area contributed by atoms with E-state index in [2.05, 4.69) is 15.0 Å². The van der Waals surface area contributed by atoms with E-state index in [9.17, 15) is 9.59 Å². The van der Waals surface area contributed by atoms with Gasteiger partial charge in [-0.15, -0.1) is 5.10 Å². The molecule has 8 nitrogen and oxygen atoms in total. The Morgan fingerprint density at radius 1 is 1.32 bits per heavy atom. The molecule has 1 saturated heterocycles.